The summed E-state index contributed by atoms with van der Waals surface area (Å²) < 4.78 is 25.2. The Morgan fingerprint density at radius 2 is 1.55 bits per heavy atom. The molecule has 5 aliphatic carbocycles. The Labute approximate surface area is 279 Å². The number of ether oxygens (including phenoxy) is 4. The molecule has 7 fully saturated rings. The topological polar surface area (TPSA) is 155 Å². The van der Waals surface area contributed by atoms with Crippen LogP contribution in [0, 0.1) is 44.8 Å². The van der Waals surface area contributed by atoms with Crippen molar-refractivity contribution >= 4 is 5.97 Å². The molecule has 0 amide bonds. The summed E-state index contributed by atoms with van der Waals surface area (Å²) in [5.41, 5.74) is -2.28. The standard InChI is InChI=1S/C37H60O10/c1-19(38)45-22-15-23-34(7)16-20(39)28(35(8)11-9-25(47-35)32(4,5)43)33(34,6)13-14-36(23)18-37(36)12-10-24(31(2,3)29(22)37)46-30-27(42)26(41)21(40)17-44-30/h20-30,39-43H,9-18H2,1-8H3. The molecule has 7 aliphatic rings. The highest BCUT2D eigenvalue weighted by Gasteiger charge is 2.85. The van der Waals surface area contributed by atoms with Crippen LogP contribution in [0.15, 0.2) is 0 Å². The molecule has 0 radical (unpaired) electrons. The lowest BCUT2D eigenvalue weighted by molar-refractivity contribution is -0.307. The molecular weight excluding hydrogens is 604 g/mol. The van der Waals surface area contributed by atoms with E-state index in [9.17, 15) is 30.3 Å². The van der Waals surface area contributed by atoms with E-state index in [-0.39, 0.29) is 70.3 Å². The minimum Gasteiger partial charge on any atom is -0.462 e. The maximum Gasteiger partial charge on any atom is 0.302 e. The second kappa shape index (κ2) is 10.6. The van der Waals surface area contributed by atoms with Gasteiger partial charge in [0, 0.05) is 18.8 Å². The van der Waals surface area contributed by atoms with Crippen molar-refractivity contribution in [2.45, 2.75) is 173 Å². The summed E-state index contributed by atoms with van der Waals surface area (Å²) in [6.07, 6.45) is 1.39. The van der Waals surface area contributed by atoms with Gasteiger partial charge in [-0.05, 0) is 112 Å². The van der Waals surface area contributed by atoms with Crippen molar-refractivity contribution in [1.82, 2.24) is 0 Å². The first-order valence-electron chi connectivity index (χ1n) is 18.2. The largest absolute Gasteiger partial charge is 0.462 e. The van der Waals surface area contributed by atoms with Crippen molar-refractivity contribution in [3.05, 3.63) is 0 Å². The Morgan fingerprint density at radius 1 is 0.851 bits per heavy atom. The second-order valence-corrected chi connectivity index (χ2v) is 18.8. The normalized spacial score (nSPS) is 56.6. The fourth-order valence-electron chi connectivity index (χ4n) is 13.7. The summed E-state index contributed by atoms with van der Waals surface area (Å²) in [7, 11) is 0. The Bertz CT molecular complexity index is 1270. The van der Waals surface area contributed by atoms with E-state index < -0.39 is 47.3 Å². The zero-order chi connectivity index (χ0) is 34.3. The summed E-state index contributed by atoms with van der Waals surface area (Å²) >= 11 is 0. The van der Waals surface area contributed by atoms with Crippen LogP contribution in [-0.2, 0) is 23.7 Å². The van der Waals surface area contributed by atoms with E-state index in [0.29, 0.717) is 6.42 Å². The average molecular weight is 665 g/mol. The molecule has 2 spiro atoms. The molecule has 2 heterocycles. The number of hydrogen-bond donors (Lipinski definition) is 5. The smallest absolute Gasteiger partial charge is 0.302 e. The summed E-state index contributed by atoms with van der Waals surface area (Å²) in [5, 5.41) is 53.8. The molecule has 0 aromatic carbocycles. The van der Waals surface area contributed by atoms with E-state index >= 15 is 0 Å². The van der Waals surface area contributed by atoms with Gasteiger partial charge < -0.3 is 44.5 Å². The first-order valence-corrected chi connectivity index (χ1v) is 18.2. The van der Waals surface area contributed by atoms with Crippen molar-refractivity contribution in [2.24, 2.45) is 44.8 Å². The third-order valence-electron chi connectivity index (χ3n) is 15.8. The number of esters is 1. The molecule has 16 unspecified atom stereocenters. The predicted octanol–water partition coefficient (Wildman–Crippen LogP) is 3.47. The third kappa shape index (κ3) is 4.60. The van der Waals surface area contributed by atoms with Gasteiger partial charge >= 0.3 is 5.97 Å². The number of aliphatic hydroxyl groups is 5. The van der Waals surface area contributed by atoms with Crippen LogP contribution >= 0.6 is 0 Å². The Morgan fingerprint density at radius 3 is 2.19 bits per heavy atom. The highest BCUT2D eigenvalue weighted by Crippen LogP contribution is 2.89. The van der Waals surface area contributed by atoms with Crippen LogP contribution in [0.3, 0.4) is 0 Å². The summed E-state index contributed by atoms with van der Waals surface area (Å²) in [6.45, 7) is 16.3. The zero-order valence-electron chi connectivity index (χ0n) is 29.7. The number of carbonyl (C=O) groups is 1. The molecule has 7 rings (SSSR count). The molecule has 0 bridgehead atoms. The first kappa shape index (κ1) is 34.6. The Hall–Kier alpha value is -0.850. The molecule has 0 aromatic rings. The lowest BCUT2D eigenvalue weighted by Crippen LogP contribution is -2.63. The molecule has 268 valence electrons. The van der Waals surface area contributed by atoms with E-state index in [2.05, 4.69) is 34.6 Å². The van der Waals surface area contributed by atoms with Crippen LogP contribution in [0.5, 0.6) is 0 Å². The zero-order valence-corrected chi connectivity index (χ0v) is 29.7. The van der Waals surface area contributed by atoms with E-state index in [1.54, 1.807) is 0 Å². The summed E-state index contributed by atoms with van der Waals surface area (Å²) in [6, 6.07) is 0. The predicted molar refractivity (Wildman–Crippen MR) is 171 cm³/mol. The van der Waals surface area contributed by atoms with Crippen LogP contribution in [0.4, 0.5) is 0 Å². The molecule has 2 saturated heterocycles. The maximum atomic E-state index is 12.7. The summed E-state index contributed by atoms with van der Waals surface area (Å²) in [5.74, 6) is -0.0699. The van der Waals surface area contributed by atoms with Gasteiger partial charge in [-0.2, -0.15) is 0 Å². The molecular formula is C37H60O10. The van der Waals surface area contributed by atoms with Gasteiger partial charge in [0.25, 0.3) is 0 Å². The third-order valence-corrected chi connectivity index (χ3v) is 15.8. The molecule has 5 saturated carbocycles. The van der Waals surface area contributed by atoms with Gasteiger partial charge in [-0.25, -0.2) is 0 Å². The Kier molecular flexibility index (Phi) is 7.80. The molecule has 10 nitrogen and oxygen atoms in total. The van der Waals surface area contributed by atoms with Crippen molar-refractivity contribution in [1.29, 1.82) is 0 Å². The fraction of sp³-hybridized carbons (Fsp3) is 0.973. The van der Waals surface area contributed by atoms with Crippen LogP contribution < -0.4 is 0 Å². The number of fused-ring (bicyclic) bond motifs is 2. The highest BCUT2D eigenvalue weighted by atomic mass is 16.7. The van der Waals surface area contributed by atoms with Gasteiger partial charge in [0.15, 0.2) is 6.29 Å². The lowest BCUT2D eigenvalue weighted by Gasteiger charge is -2.65. The maximum absolute atomic E-state index is 12.7. The number of aliphatic hydroxyl groups excluding tert-OH is 4. The van der Waals surface area contributed by atoms with Crippen molar-refractivity contribution < 1.29 is 49.3 Å². The van der Waals surface area contributed by atoms with Gasteiger partial charge in [0.2, 0.25) is 0 Å². The minimum absolute atomic E-state index is 0.0310. The van der Waals surface area contributed by atoms with Gasteiger partial charge in [-0.15, -0.1) is 0 Å². The van der Waals surface area contributed by atoms with Crippen LogP contribution in [0.25, 0.3) is 0 Å². The Balaban J connectivity index is 1.20. The van der Waals surface area contributed by atoms with E-state index in [0.717, 1.165) is 51.4 Å². The summed E-state index contributed by atoms with van der Waals surface area (Å²) in [4.78, 5) is 12.7. The lowest BCUT2D eigenvalue weighted by atomic mass is 9.41. The molecule has 0 aromatic heterocycles. The highest BCUT2D eigenvalue weighted by molar-refractivity contribution is 5.66. The molecule has 10 heteroatoms. The second-order valence-electron chi connectivity index (χ2n) is 18.8. The first-order chi connectivity index (χ1) is 21.7. The molecule has 5 N–H and O–H groups in total. The van der Waals surface area contributed by atoms with E-state index in [4.69, 9.17) is 18.9 Å². The van der Waals surface area contributed by atoms with E-state index in [1.165, 1.54) is 6.92 Å². The fourth-order valence-corrected chi connectivity index (χ4v) is 13.7. The van der Waals surface area contributed by atoms with Crippen molar-refractivity contribution in [3.63, 3.8) is 0 Å². The van der Waals surface area contributed by atoms with Crippen LogP contribution in [0.2, 0.25) is 0 Å². The van der Waals surface area contributed by atoms with Crippen LogP contribution in [0.1, 0.15) is 113 Å². The number of carbonyl (C=O) groups excluding carboxylic acids is 1. The quantitative estimate of drug-likeness (QED) is 0.218. The van der Waals surface area contributed by atoms with Crippen LogP contribution in [-0.4, -0.2) is 98.3 Å². The molecule has 47 heavy (non-hydrogen) atoms. The molecule has 2 aliphatic heterocycles. The SMILES string of the molecule is CC(=O)OC1CC2C3(C)CC(O)C(C4(C)CCC(C(C)(C)O)O4)C3(C)CCC23CC32CCC(OC3OCC(O)C(O)C3O)C(C)(C)C12. The van der Waals surface area contributed by atoms with Gasteiger partial charge in [0.1, 0.15) is 24.4 Å². The van der Waals surface area contributed by atoms with Gasteiger partial charge in [-0.1, -0.05) is 27.7 Å². The minimum atomic E-state index is -1.36. The van der Waals surface area contributed by atoms with Crippen molar-refractivity contribution in [3.8, 4) is 0 Å². The number of rotatable bonds is 5. The van der Waals surface area contributed by atoms with E-state index in [1.807, 2.05) is 13.8 Å². The van der Waals surface area contributed by atoms with Gasteiger partial charge in [-0.3, -0.25) is 4.79 Å². The van der Waals surface area contributed by atoms with Gasteiger partial charge in [0.05, 0.1) is 36.1 Å². The van der Waals surface area contributed by atoms with Crippen molar-refractivity contribution in [2.75, 3.05) is 6.61 Å². The average Bonchev–Trinajstić information content (AvgIpc) is 3.31. The number of hydrogen-bond acceptors (Lipinski definition) is 10. The monoisotopic (exact) mass is 664 g/mol. The molecule has 16 atom stereocenters.